The summed E-state index contributed by atoms with van der Waals surface area (Å²) in [6.45, 7) is 0. The minimum absolute atomic E-state index is 0.0243. The molecule has 0 bridgehead atoms. The van der Waals surface area contributed by atoms with Crippen molar-refractivity contribution in [3.05, 3.63) is 66.2 Å². The standard InChI is InChI=1S/C16H17NO3S/c1-17(15-10-6-3-7-11-15)21(19,20)13-12-16(18)14-8-4-2-5-9-14/h2-11H,12-13H2,1H3. The van der Waals surface area contributed by atoms with Crippen LogP contribution in [0.15, 0.2) is 60.7 Å². The third-order valence-electron chi connectivity index (χ3n) is 3.22. The van der Waals surface area contributed by atoms with Crippen LogP contribution in [-0.4, -0.2) is 27.0 Å². The van der Waals surface area contributed by atoms with E-state index in [0.29, 0.717) is 11.3 Å². The molecule has 0 saturated heterocycles. The van der Waals surface area contributed by atoms with E-state index in [9.17, 15) is 13.2 Å². The van der Waals surface area contributed by atoms with Gasteiger partial charge in [-0.1, -0.05) is 48.5 Å². The molecule has 2 rings (SSSR count). The lowest BCUT2D eigenvalue weighted by Crippen LogP contribution is -2.29. The Morgan fingerprint density at radius 2 is 1.48 bits per heavy atom. The van der Waals surface area contributed by atoms with E-state index in [1.54, 1.807) is 48.5 Å². The molecule has 21 heavy (non-hydrogen) atoms. The van der Waals surface area contributed by atoms with Crippen molar-refractivity contribution in [2.75, 3.05) is 17.1 Å². The van der Waals surface area contributed by atoms with Gasteiger partial charge in [0.05, 0.1) is 11.4 Å². The molecular formula is C16H17NO3S. The highest BCUT2D eigenvalue weighted by molar-refractivity contribution is 7.92. The smallest absolute Gasteiger partial charge is 0.235 e. The van der Waals surface area contributed by atoms with E-state index < -0.39 is 10.0 Å². The fourth-order valence-electron chi connectivity index (χ4n) is 1.93. The van der Waals surface area contributed by atoms with Crippen molar-refractivity contribution in [2.24, 2.45) is 0 Å². The minimum Gasteiger partial charge on any atom is -0.294 e. The minimum atomic E-state index is -3.50. The molecule has 0 radical (unpaired) electrons. The van der Waals surface area contributed by atoms with Gasteiger partial charge in [0.1, 0.15) is 0 Å². The predicted molar refractivity (Wildman–Crippen MR) is 84.0 cm³/mol. The lowest BCUT2D eigenvalue weighted by Gasteiger charge is -2.19. The molecular weight excluding hydrogens is 286 g/mol. The topological polar surface area (TPSA) is 54.5 Å². The number of rotatable bonds is 6. The molecule has 0 aromatic heterocycles. The molecule has 0 saturated carbocycles. The molecule has 0 amide bonds. The summed E-state index contributed by atoms with van der Waals surface area (Å²) in [6, 6.07) is 17.5. The van der Waals surface area contributed by atoms with Crippen molar-refractivity contribution in [2.45, 2.75) is 6.42 Å². The van der Waals surface area contributed by atoms with Gasteiger partial charge in [0.15, 0.2) is 5.78 Å². The molecule has 0 unspecified atom stereocenters. The van der Waals surface area contributed by atoms with E-state index >= 15 is 0 Å². The zero-order chi connectivity index (χ0) is 15.3. The van der Waals surface area contributed by atoms with Crippen LogP contribution in [0.4, 0.5) is 5.69 Å². The molecule has 0 fully saturated rings. The van der Waals surface area contributed by atoms with Gasteiger partial charge < -0.3 is 0 Å². The number of carbonyl (C=O) groups excluding carboxylic acids is 1. The monoisotopic (exact) mass is 303 g/mol. The van der Waals surface area contributed by atoms with E-state index in [2.05, 4.69) is 0 Å². The summed E-state index contributed by atoms with van der Waals surface area (Å²) in [5.41, 5.74) is 1.12. The second-order valence-corrected chi connectivity index (χ2v) is 6.78. The molecule has 0 aliphatic heterocycles. The van der Waals surface area contributed by atoms with Gasteiger partial charge in [0.2, 0.25) is 10.0 Å². The maximum absolute atomic E-state index is 12.2. The maximum Gasteiger partial charge on any atom is 0.235 e. The zero-order valence-electron chi connectivity index (χ0n) is 11.8. The largest absolute Gasteiger partial charge is 0.294 e. The van der Waals surface area contributed by atoms with Gasteiger partial charge in [0, 0.05) is 19.0 Å². The van der Waals surface area contributed by atoms with Gasteiger partial charge in [-0.3, -0.25) is 9.10 Å². The summed E-state index contributed by atoms with van der Waals surface area (Å²) in [5.74, 6) is -0.368. The summed E-state index contributed by atoms with van der Waals surface area (Å²) in [6.07, 6.45) is -0.0243. The number of Topliss-reactive ketones (excluding diaryl/α,β-unsaturated/α-hetero) is 1. The molecule has 0 N–H and O–H groups in total. The first kappa shape index (κ1) is 15.3. The quantitative estimate of drug-likeness (QED) is 0.771. The Hall–Kier alpha value is -2.14. The SMILES string of the molecule is CN(c1ccccc1)S(=O)(=O)CCC(=O)c1ccccc1. The van der Waals surface area contributed by atoms with Crippen LogP contribution in [-0.2, 0) is 10.0 Å². The lowest BCUT2D eigenvalue weighted by molar-refractivity contribution is 0.0989. The van der Waals surface area contributed by atoms with Crippen molar-refractivity contribution in [1.82, 2.24) is 0 Å². The zero-order valence-corrected chi connectivity index (χ0v) is 12.6. The highest BCUT2D eigenvalue weighted by atomic mass is 32.2. The number of ketones is 1. The van der Waals surface area contributed by atoms with Crippen LogP contribution in [0.25, 0.3) is 0 Å². The Morgan fingerprint density at radius 1 is 0.952 bits per heavy atom. The van der Waals surface area contributed by atoms with Crippen molar-refractivity contribution in [3.8, 4) is 0 Å². The molecule has 2 aromatic rings. The van der Waals surface area contributed by atoms with Gasteiger partial charge >= 0.3 is 0 Å². The Morgan fingerprint density at radius 3 is 2.05 bits per heavy atom. The van der Waals surface area contributed by atoms with E-state index in [1.165, 1.54) is 11.4 Å². The van der Waals surface area contributed by atoms with Crippen molar-refractivity contribution < 1.29 is 13.2 Å². The van der Waals surface area contributed by atoms with Crippen molar-refractivity contribution in [3.63, 3.8) is 0 Å². The summed E-state index contributed by atoms with van der Waals surface area (Å²) >= 11 is 0. The fourth-order valence-corrected chi connectivity index (χ4v) is 3.09. The molecule has 4 nitrogen and oxygen atoms in total. The first-order chi connectivity index (χ1) is 10.0. The van der Waals surface area contributed by atoms with E-state index in [4.69, 9.17) is 0 Å². The number of hydrogen-bond donors (Lipinski definition) is 0. The number of nitrogens with zero attached hydrogens (tertiary/aromatic N) is 1. The summed E-state index contributed by atoms with van der Waals surface area (Å²) < 4.78 is 25.7. The number of carbonyl (C=O) groups is 1. The van der Waals surface area contributed by atoms with Crippen LogP contribution in [0.1, 0.15) is 16.8 Å². The third-order valence-corrected chi connectivity index (χ3v) is 4.99. The molecule has 0 atom stereocenters. The van der Waals surface area contributed by atoms with Crippen LogP contribution >= 0.6 is 0 Å². The van der Waals surface area contributed by atoms with E-state index in [-0.39, 0.29) is 18.0 Å². The lowest BCUT2D eigenvalue weighted by atomic mass is 10.1. The second kappa shape index (κ2) is 6.54. The van der Waals surface area contributed by atoms with Gasteiger partial charge in [-0.25, -0.2) is 8.42 Å². The average Bonchev–Trinajstić information content (AvgIpc) is 2.53. The number of para-hydroxylation sites is 1. The predicted octanol–water partition coefficient (Wildman–Crippen LogP) is 2.73. The van der Waals surface area contributed by atoms with E-state index in [1.807, 2.05) is 12.1 Å². The number of sulfonamides is 1. The van der Waals surface area contributed by atoms with Crippen LogP contribution in [0.2, 0.25) is 0 Å². The van der Waals surface area contributed by atoms with Crippen LogP contribution in [0, 0.1) is 0 Å². The second-order valence-electron chi connectivity index (χ2n) is 4.66. The van der Waals surface area contributed by atoms with Crippen molar-refractivity contribution in [1.29, 1.82) is 0 Å². The third kappa shape index (κ3) is 3.92. The van der Waals surface area contributed by atoms with Crippen LogP contribution in [0.3, 0.4) is 0 Å². The Kier molecular flexibility index (Phi) is 4.75. The summed E-state index contributed by atoms with van der Waals surface area (Å²) in [5, 5.41) is 0. The highest BCUT2D eigenvalue weighted by Crippen LogP contribution is 2.16. The van der Waals surface area contributed by atoms with Crippen molar-refractivity contribution >= 4 is 21.5 Å². The number of benzene rings is 2. The average molecular weight is 303 g/mol. The van der Waals surface area contributed by atoms with Crippen LogP contribution in [0.5, 0.6) is 0 Å². The molecule has 0 heterocycles. The number of hydrogen-bond acceptors (Lipinski definition) is 3. The van der Waals surface area contributed by atoms with Gasteiger partial charge in [-0.15, -0.1) is 0 Å². The van der Waals surface area contributed by atoms with Gasteiger partial charge in [-0.2, -0.15) is 0 Å². The molecule has 0 aliphatic rings. The molecule has 0 aliphatic carbocycles. The Labute approximate surface area is 125 Å². The normalized spacial score (nSPS) is 11.1. The van der Waals surface area contributed by atoms with Crippen LogP contribution < -0.4 is 4.31 Å². The molecule has 0 spiro atoms. The van der Waals surface area contributed by atoms with Gasteiger partial charge in [-0.05, 0) is 12.1 Å². The molecule has 110 valence electrons. The maximum atomic E-state index is 12.2. The first-order valence-electron chi connectivity index (χ1n) is 6.60. The fraction of sp³-hybridized carbons (Fsp3) is 0.188. The Balaban J connectivity index is 2.03. The van der Waals surface area contributed by atoms with Gasteiger partial charge in [0.25, 0.3) is 0 Å². The number of anilines is 1. The summed E-state index contributed by atoms with van der Waals surface area (Å²) in [7, 11) is -2.01. The highest BCUT2D eigenvalue weighted by Gasteiger charge is 2.20. The summed E-state index contributed by atoms with van der Waals surface area (Å²) in [4.78, 5) is 12.0. The van der Waals surface area contributed by atoms with E-state index in [0.717, 1.165) is 0 Å². The molecule has 5 heteroatoms. The first-order valence-corrected chi connectivity index (χ1v) is 8.21. The Bertz CT molecular complexity index is 697. The molecule has 2 aromatic carbocycles.